The van der Waals surface area contributed by atoms with Crippen LogP contribution >= 0.6 is 0 Å². The van der Waals surface area contributed by atoms with Crippen LogP contribution < -0.4 is 5.32 Å². The second kappa shape index (κ2) is 7.38. The summed E-state index contributed by atoms with van der Waals surface area (Å²) in [4.78, 5) is 0. The van der Waals surface area contributed by atoms with Crippen LogP contribution in [0.2, 0.25) is 12.1 Å². The fourth-order valence-corrected chi connectivity index (χ4v) is 3.58. The molecule has 2 unspecified atom stereocenters. The maximum atomic E-state index is 5.55. The van der Waals surface area contributed by atoms with E-state index in [1.165, 1.54) is 0 Å². The Bertz CT molecular complexity index is 163. The lowest BCUT2D eigenvalue weighted by Gasteiger charge is -2.31. The van der Waals surface area contributed by atoms with Crippen molar-refractivity contribution in [2.45, 2.75) is 39.3 Å². The summed E-state index contributed by atoms with van der Waals surface area (Å²) in [6.07, 6.45) is 1.16. The molecule has 0 radical (unpaired) electrons. The summed E-state index contributed by atoms with van der Waals surface area (Å²) in [6.45, 7) is 10.9. The zero-order valence-electron chi connectivity index (χ0n) is 11.1. The molecule has 0 heterocycles. The summed E-state index contributed by atoms with van der Waals surface area (Å²) in [5.41, 5.74) is 0.529. The summed E-state index contributed by atoms with van der Waals surface area (Å²) in [7, 11) is 1.60. The van der Waals surface area contributed by atoms with E-state index in [2.05, 4.69) is 32.6 Å². The first-order chi connectivity index (χ1) is 7.00. The van der Waals surface area contributed by atoms with E-state index in [9.17, 15) is 0 Å². The Morgan fingerprint density at radius 3 is 2.13 bits per heavy atom. The number of hydrogen-bond acceptors (Lipinski definition) is 3. The van der Waals surface area contributed by atoms with E-state index in [1.807, 2.05) is 0 Å². The first-order valence-corrected chi connectivity index (χ1v) is 8.20. The second-order valence-corrected chi connectivity index (χ2v) is 8.31. The SMILES string of the molecule is CCNCC(C)CC(C)[Si](C)(OC)OC. The van der Waals surface area contributed by atoms with Crippen molar-refractivity contribution in [3.63, 3.8) is 0 Å². The zero-order chi connectivity index (χ0) is 11.9. The Kier molecular flexibility index (Phi) is 7.43. The van der Waals surface area contributed by atoms with Crippen LogP contribution in [0.1, 0.15) is 27.2 Å². The molecule has 1 N–H and O–H groups in total. The van der Waals surface area contributed by atoms with Crippen LogP contribution in [0.5, 0.6) is 0 Å². The molecule has 0 rings (SSSR count). The predicted octanol–water partition coefficient (Wildman–Crippen LogP) is 2.38. The third-order valence-electron chi connectivity index (χ3n) is 3.20. The molecule has 0 bridgehead atoms. The van der Waals surface area contributed by atoms with Gasteiger partial charge in [0.1, 0.15) is 0 Å². The van der Waals surface area contributed by atoms with Gasteiger partial charge in [0.05, 0.1) is 0 Å². The van der Waals surface area contributed by atoms with Gasteiger partial charge in [0.15, 0.2) is 0 Å². The third-order valence-corrected chi connectivity index (χ3v) is 6.85. The first kappa shape index (κ1) is 15.1. The summed E-state index contributed by atoms with van der Waals surface area (Å²) >= 11 is 0. The molecular weight excluding hydrogens is 206 g/mol. The average molecular weight is 233 g/mol. The normalized spacial score (nSPS) is 16.4. The van der Waals surface area contributed by atoms with E-state index in [0.717, 1.165) is 19.5 Å². The minimum atomic E-state index is -1.93. The van der Waals surface area contributed by atoms with Gasteiger partial charge < -0.3 is 14.2 Å². The first-order valence-electron chi connectivity index (χ1n) is 5.81. The minimum Gasteiger partial charge on any atom is -0.398 e. The van der Waals surface area contributed by atoms with Gasteiger partial charge in [-0.25, -0.2) is 0 Å². The molecule has 92 valence electrons. The fraction of sp³-hybridized carbons (Fsp3) is 1.00. The largest absolute Gasteiger partial charge is 0.398 e. The standard InChI is InChI=1S/C11H27NO2Si/c1-7-12-9-10(2)8-11(3)15(6,13-4)14-5/h10-12H,7-9H2,1-6H3. The van der Waals surface area contributed by atoms with Crippen molar-refractivity contribution in [3.8, 4) is 0 Å². The van der Waals surface area contributed by atoms with E-state index in [1.54, 1.807) is 14.2 Å². The number of nitrogens with one attached hydrogen (secondary N) is 1. The monoisotopic (exact) mass is 233 g/mol. The summed E-state index contributed by atoms with van der Waals surface area (Å²) in [5.74, 6) is 0.678. The number of hydrogen-bond donors (Lipinski definition) is 1. The van der Waals surface area contributed by atoms with Gasteiger partial charge in [-0.3, -0.25) is 0 Å². The average Bonchev–Trinajstić information content (AvgIpc) is 2.24. The quantitative estimate of drug-likeness (QED) is 0.653. The molecule has 0 aromatic rings. The number of rotatable bonds is 8. The molecular formula is C11H27NO2Si. The Labute approximate surface area is 95.8 Å². The van der Waals surface area contributed by atoms with E-state index in [0.29, 0.717) is 11.5 Å². The van der Waals surface area contributed by atoms with Crippen molar-refractivity contribution < 1.29 is 8.85 Å². The van der Waals surface area contributed by atoms with Gasteiger partial charge >= 0.3 is 8.56 Å². The second-order valence-electron chi connectivity index (χ2n) is 4.47. The molecule has 4 heteroatoms. The maximum Gasteiger partial charge on any atom is 0.337 e. The van der Waals surface area contributed by atoms with Crippen molar-refractivity contribution >= 4 is 8.56 Å². The fourth-order valence-electron chi connectivity index (χ4n) is 1.78. The Hall–Kier alpha value is 0.0969. The van der Waals surface area contributed by atoms with E-state index >= 15 is 0 Å². The van der Waals surface area contributed by atoms with E-state index in [-0.39, 0.29) is 0 Å². The van der Waals surface area contributed by atoms with Crippen molar-refractivity contribution in [1.29, 1.82) is 0 Å². The van der Waals surface area contributed by atoms with E-state index in [4.69, 9.17) is 8.85 Å². The molecule has 0 fully saturated rings. The highest BCUT2D eigenvalue weighted by Crippen LogP contribution is 2.29. The van der Waals surface area contributed by atoms with Gasteiger partial charge in [-0.15, -0.1) is 0 Å². The highest BCUT2D eigenvalue weighted by Gasteiger charge is 2.36. The molecule has 15 heavy (non-hydrogen) atoms. The molecule has 0 saturated heterocycles. The lowest BCUT2D eigenvalue weighted by molar-refractivity contribution is 0.231. The summed E-state index contributed by atoms with van der Waals surface area (Å²) < 4.78 is 11.1. The molecule has 0 saturated carbocycles. The van der Waals surface area contributed by atoms with Crippen LogP contribution in [-0.2, 0) is 8.85 Å². The molecule has 0 aromatic carbocycles. The van der Waals surface area contributed by atoms with Crippen LogP contribution in [0.4, 0.5) is 0 Å². The van der Waals surface area contributed by atoms with Gasteiger partial charge in [0.25, 0.3) is 0 Å². The molecule has 0 aliphatic rings. The molecule has 0 aromatic heterocycles. The van der Waals surface area contributed by atoms with Crippen molar-refractivity contribution in [2.24, 2.45) is 5.92 Å². The third kappa shape index (κ3) is 5.11. The summed E-state index contributed by atoms with van der Waals surface area (Å²) in [5, 5.41) is 3.37. The van der Waals surface area contributed by atoms with Crippen molar-refractivity contribution in [3.05, 3.63) is 0 Å². The van der Waals surface area contributed by atoms with Crippen LogP contribution in [0.15, 0.2) is 0 Å². The lowest BCUT2D eigenvalue weighted by Crippen LogP contribution is -2.41. The van der Waals surface area contributed by atoms with Crippen LogP contribution in [0, 0.1) is 5.92 Å². The van der Waals surface area contributed by atoms with Gasteiger partial charge in [-0.2, -0.15) is 0 Å². The summed E-state index contributed by atoms with van der Waals surface area (Å²) in [6, 6.07) is 0. The zero-order valence-corrected chi connectivity index (χ0v) is 12.1. The smallest absolute Gasteiger partial charge is 0.337 e. The highest BCUT2D eigenvalue weighted by atomic mass is 28.4. The molecule has 2 atom stereocenters. The Morgan fingerprint density at radius 2 is 1.73 bits per heavy atom. The topological polar surface area (TPSA) is 30.5 Å². The van der Waals surface area contributed by atoms with Crippen LogP contribution in [0.25, 0.3) is 0 Å². The molecule has 0 aliphatic carbocycles. The van der Waals surface area contributed by atoms with Crippen molar-refractivity contribution in [2.75, 3.05) is 27.3 Å². The molecule has 3 nitrogen and oxygen atoms in total. The molecule has 0 aliphatic heterocycles. The van der Waals surface area contributed by atoms with Gasteiger partial charge in [-0.1, -0.05) is 20.8 Å². The molecule has 0 spiro atoms. The maximum absolute atomic E-state index is 5.55. The Morgan fingerprint density at radius 1 is 1.20 bits per heavy atom. The van der Waals surface area contributed by atoms with Gasteiger partial charge in [-0.05, 0) is 37.5 Å². The highest BCUT2D eigenvalue weighted by molar-refractivity contribution is 6.67. The molecule has 0 amide bonds. The van der Waals surface area contributed by atoms with Crippen LogP contribution in [0.3, 0.4) is 0 Å². The van der Waals surface area contributed by atoms with E-state index < -0.39 is 8.56 Å². The predicted molar refractivity (Wildman–Crippen MR) is 67.4 cm³/mol. The van der Waals surface area contributed by atoms with Crippen LogP contribution in [-0.4, -0.2) is 35.9 Å². The van der Waals surface area contributed by atoms with Gasteiger partial charge in [0, 0.05) is 14.2 Å². The minimum absolute atomic E-state index is 0.529. The van der Waals surface area contributed by atoms with Crippen molar-refractivity contribution in [1.82, 2.24) is 5.32 Å². The van der Waals surface area contributed by atoms with Gasteiger partial charge in [0.2, 0.25) is 0 Å². The lowest BCUT2D eigenvalue weighted by atomic mass is 10.1. The Balaban J connectivity index is 4.04.